The first-order chi connectivity index (χ1) is 12.1. The Morgan fingerprint density at radius 1 is 1.24 bits per heavy atom. The van der Waals surface area contributed by atoms with Crippen LogP contribution in [-0.2, 0) is 7.05 Å². The SMILES string of the molecule is CN(C)c1ccc(-c2cc([C@H]3CN4CC[C@H]3C[C@@H]4CN)n(C)n2)cc1. The molecule has 1 unspecified atom stereocenters. The van der Waals surface area contributed by atoms with Gasteiger partial charge in [-0.2, -0.15) is 5.10 Å². The van der Waals surface area contributed by atoms with E-state index in [9.17, 15) is 0 Å². The van der Waals surface area contributed by atoms with Crippen molar-refractivity contribution in [1.29, 1.82) is 0 Å². The van der Waals surface area contributed by atoms with Gasteiger partial charge < -0.3 is 10.6 Å². The summed E-state index contributed by atoms with van der Waals surface area (Å²) < 4.78 is 2.10. The lowest BCUT2D eigenvalue weighted by Gasteiger charge is -2.49. The van der Waals surface area contributed by atoms with Crippen molar-refractivity contribution in [2.24, 2.45) is 18.7 Å². The highest BCUT2D eigenvalue weighted by atomic mass is 15.3. The van der Waals surface area contributed by atoms with Gasteiger partial charge in [0.05, 0.1) is 5.69 Å². The molecule has 2 N–H and O–H groups in total. The van der Waals surface area contributed by atoms with Crippen molar-refractivity contribution in [2.75, 3.05) is 38.6 Å². The number of hydrogen-bond donors (Lipinski definition) is 1. The van der Waals surface area contributed by atoms with Crippen molar-refractivity contribution in [2.45, 2.75) is 24.8 Å². The van der Waals surface area contributed by atoms with Gasteiger partial charge in [0.15, 0.2) is 0 Å². The van der Waals surface area contributed by atoms with Crippen LogP contribution in [0.25, 0.3) is 11.3 Å². The molecule has 0 aliphatic carbocycles. The summed E-state index contributed by atoms with van der Waals surface area (Å²) in [7, 11) is 6.22. The van der Waals surface area contributed by atoms with Gasteiger partial charge in [0.25, 0.3) is 0 Å². The Morgan fingerprint density at radius 3 is 2.60 bits per heavy atom. The van der Waals surface area contributed by atoms with Gasteiger partial charge in [-0.25, -0.2) is 0 Å². The van der Waals surface area contributed by atoms with Crippen molar-refractivity contribution in [3.63, 3.8) is 0 Å². The third kappa shape index (κ3) is 2.96. The maximum Gasteiger partial charge on any atom is 0.0926 e. The van der Waals surface area contributed by atoms with E-state index in [1.165, 1.54) is 36.3 Å². The largest absolute Gasteiger partial charge is 0.378 e. The van der Waals surface area contributed by atoms with Crippen LogP contribution in [0.1, 0.15) is 24.5 Å². The first-order valence-electron chi connectivity index (χ1n) is 9.32. The molecule has 0 spiro atoms. The highest BCUT2D eigenvalue weighted by Gasteiger charge is 2.41. The molecule has 134 valence electrons. The van der Waals surface area contributed by atoms with Crippen LogP contribution >= 0.6 is 0 Å². The van der Waals surface area contributed by atoms with Crippen LogP contribution in [0.5, 0.6) is 0 Å². The van der Waals surface area contributed by atoms with Gasteiger partial charge in [0.1, 0.15) is 0 Å². The van der Waals surface area contributed by atoms with Crippen molar-refractivity contribution in [3.05, 3.63) is 36.0 Å². The van der Waals surface area contributed by atoms with Gasteiger partial charge in [-0.15, -0.1) is 0 Å². The average molecular weight is 339 g/mol. The summed E-state index contributed by atoms with van der Waals surface area (Å²) in [5, 5.41) is 4.81. The molecule has 25 heavy (non-hydrogen) atoms. The zero-order valence-electron chi connectivity index (χ0n) is 15.5. The average Bonchev–Trinajstić information content (AvgIpc) is 3.03. The van der Waals surface area contributed by atoms with E-state index in [1.54, 1.807) is 0 Å². The molecule has 4 atom stereocenters. The first kappa shape index (κ1) is 16.6. The zero-order chi connectivity index (χ0) is 17.6. The second-order valence-electron chi connectivity index (χ2n) is 7.79. The Bertz CT molecular complexity index is 733. The number of rotatable bonds is 4. The first-order valence-corrected chi connectivity index (χ1v) is 9.32. The fourth-order valence-electron chi connectivity index (χ4n) is 4.62. The Balaban J connectivity index is 1.59. The summed E-state index contributed by atoms with van der Waals surface area (Å²) in [4.78, 5) is 4.71. The number of hydrogen-bond acceptors (Lipinski definition) is 4. The van der Waals surface area contributed by atoms with Gasteiger partial charge in [-0.1, -0.05) is 12.1 Å². The molecule has 3 aliphatic rings. The van der Waals surface area contributed by atoms with E-state index in [1.807, 2.05) is 0 Å². The predicted molar refractivity (Wildman–Crippen MR) is 103 cm³/mol. The number of aromatic nitrogens is 2. The number of nitrogens with zero attached hydrogens (tertiary/aromatic N) is 4. The molecule has 2 aromatic rings. The molecule has 0 radical (unpaired) electrons. The summed E-state index contributed by atoms with van der Waals surface area (Å²) in [6.45, 7) is 3.13. The van der Waals surface area contributed by atoms with Crippen LogP contribution in [0.3, 0.4) is 0 Å². The van der Waals surface area contributed by atoms with Crippen molar-refractivity contribution in [3.8, 4) is 11.3 Å². The van der Waals surface area contributed by atoms with Crippen LogP contribution in [0, 0.1) is 5.92 Å². The molecule has 0 amide bonds. The van der Waals surface area contributed by atoms with E-state index in [-0.39, 0.29) is 0 Å². The number of fused-ring (bicyclic) bond motifs is 3. The number of benzene rings is 1. The van der Waals surface area contributed by atoms with Gasteiger partial charge in [0, 0.05) is 63.1 Å². The van der Waals surface area contributed by atoms with E-state index in [2.05, 4.69) is 66.0 Å². The highest BCUT2D eigenvalue weighted by Crippen LogP contribution is 2.42. The number of anilines is 1. The molecule has 3 aliphatic heterocycles. The summed E-state index contributed by atoms with van der Waals surface area (Å²) >= 11 is 0. The second kappa shape index (κ2) is 6.46. The summed E-state index contributed by atoms with van der Waals surface area (Å²) in [5.41, 5.74) is 10.8. The molecule has 5 rings (SSSR count). The monoisotopic (exact) mass is 339 g/mol. The van der Waals surface area contributed by atoms with Crippen molar-refractivity contribution in [1.82, 2.24) is 14.7 Å². The number of piperidine rings is 3. The lowest BCUT2D eigenvalue weighted by atomic mass is 9.74. The van der Waals surface area contributed by atoms with E-state index < -0.39 is 0 Å². The van der Waals surface area contributed by atoms with E-state index >= 15 is 0 Å². The van der Waals surface area contributed by atoms with Crippen molar-refractivity contribution >= 4 is 5.69 Å². The smallest absolute Gasteiger partial charge is 0.0926 e. The van der Waals surface area contributed by atoms with Crippen LogP contribution < -0.4 is 10.6 Å². The van der Waals surface area contributed by atoms with Crippen LogP contribution in [0.4, 0.5) is 5.69 Å². The fraction of sp³-hybridized carbons (Fsp3) is 0.550. The molecule has 5 heteroatoms. The molecule has 3 fully saturated rings. The Labute approximate surface area is 150 Å². The minimum absolute atomic E-state index is 0.585. The fourth-order valence-corrected chi connectivity index (χ4v) is 4.62. The Hall–Kier alpha value is -1.85. The Morgan fingerprint density at radius 2 is 2.00 bits per heavy atom. The molecule has 4 heterocycles. The van der Waals surface area contributed by atoms with Gasteiger partial charge in [-0.3, -0.25) is 9.58 Å². The Kier molecular flexibility index (Phi) is 4.29. The molecule has 1 aromatic heterocycles. The molecule has 2 bridgehead atoms. The molecule has 5 nitrogen and oxygen atoms in total. The standard InChI is InChI=1S/C20H29N5/c1-23(2)16-6-4-14(5-7-16)19-11-20(24(3)22-19)18-13-25-9-8-15(18)10-17(25)12-21/h4-7,11,15,17-18H,8-10,12-13,21H2,1-3H3/t15-,17+,18-/m0/s1. The normalized spacial score (nSPS) is 28.3. The van der Waals surface area contributed by atoms with Gasteiger partial charge in [0.2, 0.25) is 0 Å². The predicted octanol–water partition coefficient (Wildman–Crippen LogP) is 2.29. The van der Waals surface area contributed by atoms with Crippen LogP contribution in [-0.4, -0.2) is 54.5 Å². The second-order valence-corrected chi connectivity index (χ2v) is 7.79. The zero-order valence-corrected chi connectivity index (χ0v) is 15.5. The van der Waals surface area contributed by atoms with Crippen molar-refractivity contribution < 1.29 is 0 Å². The summed E-state index contributed by atoms with van der Waals surface area (Å²) in [6.07, 6.45) is 2.53. The molecule has 3 saturated heterocycles. The van der Waals surface area contributed by atoms with E-state index in [4.69, 9.17) is 10.8 Å². The van der Waals surface area contributed by atoms with Crippen LogP contribution in [0.15, 0.2) is 30.3 Å². The molecular formula is C20H29N5. The van der Waals surface area contributed by atoms with Crippen LogP contribution in [0.2, 0.25) is 0 Å². The minimum atomic E-state index is 0.585. The molecular weight excluding hydrogens is 310 g/mol. The number of nitrogens with two attached hydrogens (primary N) is 1. The highest BCUT2D eigenvalue weighted by molar-refractivity contribution is 5.63. The molecule has 1 aromatic carbocycles. The molecule has 0 saturated carbocycles. The third-order valence-corrected chi connectivity index (χ3v) is 6.13. The quantitative estimate of drug-likeness (QED) is 0.928. The van der Waals surface area contributed by atoms with Gasteiger partial charge >= 0.3 is 0 Å². The number of aryl methyl sites for hydroxylation is 1. The topological polar surface area (TPSA) is 50.3 Å². The van der Waals surface area contributed by atoms with E-state index in [0.29, 0.717) is 12.0 Å². The minimum Gasteiger partial charge on any atom is -0.378 e. The summed E-state index contributed by atoms with van der Waals surface area (Å²) in [6, 6.07) is 11.5. The van der Waals surface area contributed by atoms with E-state index in [0.717, 1.165) is 24.7 Å². The lowest BCUT2D eigenvalue weighted by Crippen LogP contribution is -2.55. The van der Waals surface area contributed by atoms with Gasteiger partial charge in [-0.05, 0) is 43.5 Å². The third-order valence-electron chi connectivity index (χ3n) is 6.13. The summed E-state index contributed by atoms with van der Waals surface area (Å²) in [5.74, 6) is 1.33. The maximum absolute atomic E-state index is 5.95. The maximum atomic E-state index is 5.95. The lowest BCUT2D eigenvalue weighted by molar-refractivity contribution is 0.0322.